The summed E-state index contributed by atoms with van der Waals surface area (Å²) < 4.78 is 0. The van der Waals surface area contributed by atoms with Gasteiger partial charge in [0.2, 0.25) is 0 Å². The third-order valence-electron chi connectivity index (χ3n) is 4.99. The molecule has 2 aromatic rings. The molecule has 0 aliphatic heterocycles. The lowest BCUT2D eigenvalue weighted by Crippen LogP contribution is -2.26. The molecule has 1 saturated carbocycles. The molecule has 1 aromatic carbocycles. The second-order valence-corrected chi connectivity index (χ2v) is 6.56. The number of benzene rings is 1. The van der Waals surface area contributed by atoms with E-state index in [1.165, 1.54) is 0 Å². The minimum Gasteiger partial charge on any atom is -0.353 e. The SMILES string of the molecule is C=Cc1c(C(=C)NC(=O)C2=C(C)C=CC3CC23)[nH]c2ccccc12. The Labute approximate surface area is 141 Å². The van der Waals surface area contributed by atoms with E-state index in [1.54, 1.807) is 6.08 Å². The summed E-state index contributed by atoms with van der Waals surface area (Å²) in [6, 6.07) is 8.01. The maximum Gasteiger partial charge on any atom is 0.252 e. The van der Waals surface area contributed by atoms with Gasteiger partial charge in [-0.3, -0.25) is 4.79 Å². The van der Waals surface area contributed by atoms with Crippen molar-refractivity contribution < 1.29 is 4.79 Å². The third kappa shape index (κ3) is 2.24. The smallest absolute Gasteiger partial charge is 0.252 e. The number of carbonyl (C=O) groups excluding carboxylic acids is 1. The van der Waals surface area contributed by atoms with Gasteiger partial charge in [0.1, 0.15) is 0 Å². The van der Waals surface area contributed by atoms with E-state index in [9.17, 15) is 4.79 Å². The summed E-state index contributed by atoms with van der Waals surface area (Å²) in [4.78, 5) is 16.1. The number of nitrogens with one attached hydrogen (secondary N) is 2. The predicted octanol–water partition coefficient (Wildman–Crippen LogP) is 4.42. The Morgan fingerprint density at radius 2 is 2.17 bits per heavy atom. The molecule has 3 nitrogen and oxygen atoms in total. The average molecular weight is 316 g/mol. The van der Waals surface area contributed by atoms with Gasteiger partial charge in [-0.25, -0.2) is 0 Å². The molecular weight excluding hydrogens is 296 g/mol. The van der Waals surface area contributed by atoms with Gasteiger partial charge in [-0.2, -0.15) is 0 Å². The number of para-hydroxylation sites is 1. The van der Waals surface area contributed by atoms with Crippen LogP contribution in [0.25, 0.3) is 22.7 Å². The number of carbonyl (C=O) groups is 1. The highest BCUT2D eigenvalue weighted by Crippen LogP contribution is 2.49. The number of hydrogen-bond donors (Lipinski definition) is 2. The van der Waals surface area contributed by atoms with Crippen LogP contribution in [0, 0.1) is 11.8 Å². The molecule has 4 rings (SSSR count). The van der Waals surface area contributed by atoms with E-state index in [-0.39, 0.29) is 5.91 Å². The van der Waals surface area contributed by atoms with Crippen LogP contribution >= 0.6 is 0 Å². The molecule has 2 N–H and O–H groups in total. The van der Waals surface area contributed by atoms with Gasteiger partial charge in [-0.15, -0.1) is 0 Å². The van der Waals surface area contributed by atoms with Gasteiger partial charge < -0.3 is 10.3 Å². The standard InChI is InChI=1S/C21H20N2O/c1-4-15-16-7-5-6-8-18(16)23-20(15)13(3)22-21(24)19-12(2)9-10-14-11-17(14)19/h4-10,14,17,23H,1,3,11H2,2H3,(H,22,24). The Kier molecular flexibility index (Phi) is 3.31. The summed E-state index contributed by atoms with van der Waals surface area (Å²) in [5.74, 6) is 0.881. The normalized spacial score (nSPS) is 21.5. The zero-order chi connectivity index (χ0) is 16.8. The van der Waals surface area contributed by atoms with Crippen LogP contribution in [-0.4, -0.2) is 10.9 Å². The molecule has 1 aromatic heterocycles. The van der Waals surface area contributed by atoms with Gasteiger partial charge in [0.15, 0.2) is 0 Å². The lowest BCUT2D eigenvalue weighted by atomic mass is 9.97. The zero-order valence-electron chi connectivity index (χ0n) is 13.7. The Balaban J connectivity index is 1.64. The van der Waals surface area contributed by atoms with Crippen molar-refractivity contribution in [1.82, 2.24) is 10.3 Å². The largest absolute Gasteiger partial charge is 0.353 e. The second kappa shape index (κ2) is 5.38. The van der Waals surface area contributed by atoms with Crippen LogP contribution in [0.4, 0.5) is 0 Å². The van der Waals surface area contributed by atoms with Crippen LogP contribution in [-0.2, 0) is 4.79 Å². The summed E-state index contributed by atoms with van der Waals surface area (Å²) in [6.07, 6.45) is 7.15. The van der Waals surface area contributed by atoms with E-state index in [4.69, 9.17) is 0 Å². The first kappa shape index (κ1) is 14.8. The van der Waals surface area contributed by atoms with E-state index in [0.717, 1.165) is 39.7 Å². The van der Waals surface area contributed by atoms with Crippen LogP contribution in [0.5, 0.6) is 0 Å². The molecule has 24 heavy (non-hydrogen) atoms. The number of allylic oxidation sites excluding steroid dienone is 3. The van der Waals surface area contributed by atoms with Crippen molar-refractivity contribution in [3.63, 3.8) is 0 Å². The summed E-state index contributed by atoms with van der Waals surface area (Å²) in [5, 5.41) is 4.06. The fraction of sp³-hybridized carbons (Fsp3) is 0.190. The van der Waals surface area contributed by atoms with E-state index in [0.29, 0.717) is 17.5 Å². The first-order valence-corrected chi connectivity index (χ1v) is 8.23. The molecule has 1 fully saturated rings. The van der Waals surface area contributed by atoms with E-state index in [1.807, 2.05) is 31.2 Å². The molecule has 0 saturated heterocycles. The highest BCUT2D eigenvalue weighted by Gasteiger charge is 2.43. The van der Waals surface area contributed by atoms with E-state index in [2.05, 4.69) is 35.6 Å². The quantitative estimate of drug-likeness (QED) is 0.861. The number of fused-ring (bicyclic) bond motifs is 2. The van der Waals surface area contributed by atoms with Crippen molar-refractivity contribution in [3.8, 4) is 0 Å². The summed E-state index contributed by atoms with van der Waals surface area (Å²) in [7, 11) is 0. The highest BCUT2D eigenvalue weighted by atomic mass is 16.1. The minimum atomic E-state index is -0.0389. The first-order valence-electron chi connectivity index (χ1n) is 8.23. The molecule has 2 unspecified atom stereocenters. The number of H-pyrrole nitrogens is 1. The van der Waals surface area contributed by atoms with Gasteiger partial charge in [0.25, 0.3) is 5.91 Å². The Morgan fingerprint density at radius 1 is 1.38 bits per heavy atom. The monoisotopic (exact) mass is 316 g/mol. The third-order valence-corrected chi connectivity index (χ3v) is 4.99. The number of amides is 1. The molecule has 2 aliphatic carbocycles. The molecule has 2 atom stereocenters. The Bertz CT molecular complexity index is 942. The average Bonchev–Trinajstić information content (AvgIpc) is 3.25. The van der Waals surface area contributed by atoms with Crippen molar-refractivity contribution >= 4 is 28.6 Å². The second-order valence-electron chi connectivity index (χ2n) is 6.56. The lowest BCUT2D eigenvalue weighted by Gasteiger charge is -2.14. The van der Waals surface area contributed by atoms with Gasteiger partial charge in [0, 0.05) is 22.0 Å². The molecule has 0 bridgehead atoms. The molecule has 0 radical (unpaired) electrons. The van der Waals surface area contributed by atoms with Gasteiger partial charge in [-0.05, 0) is 36.8 Å². The van der Waals surface area contributed by atoms with Crippen molar-refractivity contribution in [2.45, 2.75) is 13.3 Å². The summed E-state index contributed by atoms with van der Waals surface area (Å²) >= 11 is 0. The van der Waals surface area contributed by atoms with Crippen LogP contribution in [0.3, 0.4) is 0 Å². The van der Waals surface area contributed by atoms with Gasteiger partial charge in [-0.1, -0.05) is 49.6 Å². The minimum absolute atomic E-state index is 0.0389. The van der Waals surface area contributed by atoms with Crippen molar-refractivity contribution in [2.75, 3.05) is 0 Å². The van der Waals surface area contributed by atoms with Crippen LogP contribution in [0.2, 0.25) is 0 Å². The molecule has 0 spiro atoms. The van der Waals surface area contributed by atoms with Crippen LogP contribution < -0.4 is 5.32 Å². The number of aromatic amines is 1. The fourth-order valence-corrected chi connectivity index (χ4v) is 3.64. The van der Waals surface area contributed by atoms with Crippen molar-refractivity contribution in [1.29, 1.82) is 0 Å². The number of rotatable bonds is 4. The maximum absolute atomic E-state index is 12.7. The van der Waals surface area contributed by atoms with E-state index >= 15 is 0 Å². The highest BCUT2D eigenvalue weighted by molar-refractivity contribution is 6.03. The molecule has 3 heteroatoms. The zero-order valence-corrected chi connectivity index (χ0v) is 13.7. The van der Waals surface area contributed by atoms with Crippen molar-refractivity contribution in [2.24, 2.45) is 11.8 Å². The van der Waals surface area contributed by atoms with E-state index < -0.39 is 0 Å². The first-order chi connectivity index (χ1) is 11.6. The molecule has 1 heterocycles. The Morgan fingerprint density at radius 3 is 2.96 bits per heavy atom. The molecule has 2 aliphatic rings. The van der Waals surface area contributed by atoms with Crippen LogP contribution in [0.1, 0.15) is 24.6 Å². The lowest BCUT2D eigenvalue weighted by molar-refractivity contribution is -0.116. The van der Waals surface area contributed by atoms with Gasteiger partial charge in [0.05, 0.1) is 11.4 Å². The van der Waals surface area contributed by atoms with Crippen LogP contribution in [0.15, 0.2) is 60.7 Å². The maximum atomic E-state index is 12.7. The predicted molar refractivity (Wildman–Crippen MR) is 99.0 cm³/mol. The fourth-order valence-electron chi connectivity index (χ4n) is 3.64. The Hall–Kier alpha value is -2.81. The van der Waals surface area contributed by atoms with Crippen molar-refractivity contribution in [3.05, 3.63) is 72.0 Å². The van der Waals surface area contributed by atoms with Gasteiger partial charge >= 0.3 is 0 Å². The number of hydrogen-bond acceptors (Lipinski definition) is 1. The summed E-state index contributed by atoms with van der Waals surface area (Å²) in [6.45, 7) is 9.98. The number of aromatic nitrogens is 1. The topological polar surface area (TPSA) is 44.9 Å². The summed E-state index contributed by atoms with van der Waals surface area (Å²) in [5.41, 5.74) is 5.33. The molecular formula is C21H20N2O. The molecule has 120 valence electrons. The molecule has 1 amide bonds.